The van der Waals surface area contributed by atoms with Crippen molar-refractivity contribution in [1.82, 2.24) is 29.9 Å². The minimum absolute atomic E-state index is 0.0678. The Balaban J connectivity index is 1.66. The first-order valence-corrected chi connectivity index (χ1v) is 8.53. The molecule has 3 heterocycles. The van der Waals surface area contributed by atoms with Gasteiger partial charge in [0.2, 0.25) is 5.88 Å². The second kappa shape index (κ2) is 9.04. The van der Waals surface area contributed by atoms with Crippen LogP contribution >= 0.6 is 0 Å². The Kier molecular flexibility index (Phi) is 6.27. The number of pyridine rings is 1. The van der Waals surface area contributed by atoms with E-state index in [0.29, 0.717) is 22.9 Å². The van der Waals surface area contributed by atoms with E-state index < -0.39 is 12.5 Å². The van der Waals surface area contributed by atoms with Crippen LogP contribution in [0.1, 0.15) is 29.5 Å². The Hall–Kier alpha value is -3.63. The zero-order valence-corrected chi connectivity index (χ0v) is 15.8. The van der Waals surface area contributed by atoms with Crippen LogP contribution in [-0.2, 0) is 0 Å². The molecule has 3 aromatic heterocycles. The molecule has 29 heavy (non-hydrogen) atoms. The van der Waals surface area contributed by atoms with E-state index in [9.17, 15) is 8.78 Å². The summed E-state index contributed by atoms with van der Waals surface area (Å²) in [5, 5.41) is 20.0. The van der Waals surface area contributed by atoms with Crippen molar-refractivity contribution < 1.29 is 13.5 Å². The molecule has 1 unspecified atom stereocenters. The van der Waals surface area contributed by atoms with Crippen LogP contribution in [0.2, 0.25) is 0 Å². The lowest BCUT2D eigenvalue weighted by atomic mass is 10.1. The average molecular weight is 400 g/mol. The average Bonchev–Trinajstić information content (AvgIpc) is 3.16. The first-order chi connectivity index (χ1) is 14.0. The predicted molar refractivity (Wildman–Crippen MR) is 99.0 cm³/mol. The lowest BCUT2D eigenvalue weighted by Gasteiger charge is -2.15. The largest absolute Gasteiger partial charge is 0.472 e. The second-order valence-corrected chi connectivity index (χ2v) is 5.93. The first kappa shape index (κ1) is 20.1. The summed E-state index contributed by atoms with van der Waals surface area (Å²) in [6, 6.07) is 5.48. The van der Waals surface area contributed by atoms with Crippen molar-refractivity contribution in [1.29, 1.82) is 0 Å². The second-order valence-electron chi connectivity index (χ2n) is 5.93. The van der Waals surface area contributed by atoms with Crippen molar-refractivity contribution in [2.24, 2.45) is 10.2 Å². The molecule has 0 radical (unpaired) electrons. The van der Waals surface area contributed by atoms with Gasteiger partial charge in [-0.25, -0.2) is 13.8 Å². The molecule has 0 fully saturated rings. The molecule has 0 N–H and O–H groups in total. The molecule has 0 aliphatic rings. The van der Waals surface area contributed by atoms with Gasteiger partial charge < -0.3 is 4.74 Å². The van der Waals surface area contributed by atoms with Crippen molar-refractivity contribution in [3.8, 4) is 11.7 Å². The van der Waals surface area contributed by atoms with E-state index >= 15 is 0 Å². The fourth-order valence-corrected chi connectivity index (χ4v) is 2.45. The number of nitrogens with zero attached hydrogens (tertiary/aromatic N) is 8. The molecule has 0 spiro atoms. The molecule has 11 heteroatoms. The van der Waals surface area contributed by atoms with Gasteiger partial charge in [0.1, 0.15) is 24.8 Å². The van der Waals surface area contributed by atoms with Crippen LogP contribution in [0, 0.1) is 6.92 Å². The Morgan fingerprint density at radius 3 is 2.59 bits per heavy atom. The molecule has 0 amide bonds. The summed E-state index contributed by atoms with van der Waals surface area (Å²) in [4.78, 5) is 8.08. The Morgan fingerprint density at radius 1 is 1.21 bits per heavy atom. The highest BCUT2D eigenvalue weighted by atomic mass is 19.3. The van der Waals surface area contributed by atoms with Crippen molar-refractivity contribution in [3.63, 3.8) is 0 Å². The molecule has 0 aliphatic heterocycles. The highest BCUT2D eigenvalue weighted by molar-refractivity contribution is 5.26. The quantitative estimate of drug-likeness (QED) is 0.424. The van der Waals surface area contributed by atoms with E-state index in [2.05, 4.69) is 42.1 Å². The van der Waals surface area contributed by atoms with E-state index in [4.69, 9.17) is 4.74 Å². The highest BCUT2D eigenvalue weighted by Gasteiger charge is 2.18. The number of aromatic nitrogens is 6. The topological polar surface area (TPSA) is 103 Å². The van der Waals surface area contributed by atoms with E-state index in [1.165, 1.54) is 25.5 Å². The third-order valence-electron chi connectivity index (χ3n) is 3.93. The summed E-state index contributed by atoms with van der Waals surface area (Å²) >= 11 is 0. The maximum absolute atomic E-state index is 12.7. The van der Waals surface area contributed by atoms with Gasteiger partial charge >= 0.3 is 0 Å². The molecule has 1 atom stereocenters. The van der Waals surface area contributed by atoms with Crippen molar-refractivity contribution in [2.45, 2.75) is 19.4 Å². The number of aryl methyl sites for hydroxylation is 1. The number of rotatable bonds is 8. The maximum atomic E-state index is 12.7. The molecule has 0 bridgehead atoms. The lowest BCUT2D eigenvalue weighted by molar-refractivity contribution is 0.151. The molecule has 0 saturated heterocycles. The van der Waals surface area contributed by atoms with Gasteiger partial charge in [0.15, 0.2) is 5.82 Å². The Bertz CT molecular complexity index is 986. The molecule has 9 nitrogen and oxygen atoms in total. The SMILES string of the molecule is C=C(COc1ccc(-n2ncnc2C)nn1)C(N=NC)c1ccc(C(F)F)cn1. The highest BCUT2D eigenvalue weighted by Crippen LogP contribution is 2.26. The van der Waals surface area contributed by atoms with Gasteiger partial charge in [-0.05, 0) is 30.7 Å². The van der Waals surface area contributed by atoms with Crippen LogP contribution in [-0.4, -0.2) is 43.6 Å². The minimum atomic E-state index is -2.59. The zero-order chi connectivity index (χ0) is 20.8. The predicted octanol–water partition coefficient (Wildman–Crippen LogP) is 3.46. The van der Waals surface area contributed by atoms with Gasteiger partial charge in [0.25, 0.3) is 6.43 Å². The molecule has 3 aromatic rings. The summed E-state index contributed by atoms with van der Waals surface area (Å²) < 4.78 is 32.6. The van der Waals surface area contributed by atoms with Crippen LogP contribution in [0.25, 0.3) is 5.82 Å². The van der Waals surface area contributed by atoms with Crippen LogP contribution in [0.3, 0.4) is 0 Å². The summed E-state index contributed by atoms with van der Waals surface area (Å²) in [7, 11) is 1.50. The molecule has 150 valence electrons. The fraction of sp³-hybridized carbons (Fsp3) is 0.278. The minimum Gasteiger partial charge on any atom is -0.472 e. The first-order valence-electron chi connectivity index (χ1n) is 8.53. The van der Waals surface area contributed by atoms with E-state index in [0.717, 1.165) is 6.20 Å². The van der Waals surface area contributed by atoms with Crippen molar-refractivity contribution in [2.75, 3.05) is 13.7 Å². The standard InChI is InChI=1S/C18H18F2N8O/c1-11(17(27-21-3)14-5-4-13(8-22-14)18(19)20)9-29-16-7-6-15(25-26-16)28-12(2)23-10-24-28/h4-8,10,17-18H,1,9H2,2-3H3. The molecular weight excluding hydrogens is 382 g/mol. The van der Waals surface area contributed by atoms with Gasteiger partial charge in [0.05, 0.1) is 5.69 Å². The van der Waals surface area contributed by atoms with Crippen molar-refractivity contribution >= 4 is 0 Å². The number of ether oxygens (including phenoxy) is 1. The fourth-order valence-electron chi connectivity index (χ4n) is 2.45. The number of halogens is 2. The van der Waals surface area contributed by atoms with Gasteiger partial charge in [-0.2, -0.15) is 20.0 Å². The summed E-state index contributed by atoms with van der Waals surface area (Å²) in [6.07, 6.45) is -0.0459. The van der Waals surface area contributed by atoms with Gasteiger partial charge in [-0.15, -0.1) is 10.2 Å². The third-order valence-corrected chi connectivity index (χ3v) is 3.93. The third kappa shape index (κ3) is 4.81. The van der Waals surface area contributed by atoms with Crippen LogP contribution in [0.15, 0.2) is 59.2 Å². The van der Waals surface area contributed by atoms with Crippen molar-refractivity contribution in [3.05, 3.63) is 66.0 Å². The zero-order valence-electron chi connectivity index (χ0n) is 15.8. The monoisotopic (exact) mass is 400 g/mol. The lowest BCUT2D eigenvalue weighted by Crippen LogP contribution is -2.11. The molecule has 0 aliphatic carbocycles. The number of hydrogen-bond donors (Lipinski definition) is 0. The summed E-state index contributed by atoms with van der Waals surface area (Å²) in [6.45, 7) is 5.82. The van der Waals surface area contributed by atoms with Crippen LogP contribution < -0.4 is 4.74 Å². The molecular formula is C18H18F2N8O. The summed E-state index contributed by atoms with van der Waals surface area (Å²) in [5.41, 5.74) is 0.809. The Morgan fingerprint density at radius 2 is 2.03 bits per heavy atom. The van der Waals surface area contributed by atoms with Gasteiger partial charge in [-0.3, -0.25) is 4.98 Å². The normalized spacial score (nSPS) is 12.4. The van der Waals surface area contributed by atoms with E-state index in [1.807, 2.05) is 0 Å². The number of hydrogen-bond acceptors (Lipinski definition) is 8. The van der Waals surface area contributed by atoms with Crippen LogP contribution in [0.5, 0.6) is 5.88 Å². The van der Waals surface area contributed by atoms with Gasteiger partial charge in [-0.1, -0.05) is 6.58 Å². The number of azo groups is 1. The Labute approximate surface area is 165 Å². The molecule has 0 saturated carbocycles. The van der Waals surface area contributed by atoms with E-state index in [1.54, 1.807) is 23.7 Å². The smallest absolute Gasteiger partial charge is 0.265 e. The summed E-state index contributed by atoms with van der Waals surface area (Å²) in [5.74, 6) is 1.47. The number of alkyl halides is 2. The molecule has 3 rings (SSSR count). The molecule has 0 aromatic carbocycles. The maximum Gasteiger partial charge on any atom is 0.265 e. The van der Waals surface area contributed by atoms with Crippen LogP contribution in [0.4, 0.5) is 8.78 Å². The van der Waals surface area contributed by atoms with E-state index in [-0.39, 0.29) is 18.1 Å². The van der Waals surface area contributed by atoms with Gasteiger partial charge in [0, 0.05) is 24.9 Å².